The van der Waals surface area contributed by atoms with Gasteiger partial charge in [0.05, 0.1) is 6.54 Å². The smallest absolute Gasteiger partial charge is 0.239 e. The highest BCUT2D eigenvalue weighted by Crippen LogP contribution is 2.28. The summed E-state index contributed by atoms with van der Waals surface area (Å²) >= 11 is 1.35. The van der Waals surface area contributed by atoms with Crippen molar-refractivity contribution in [1.82, 2.24) is 15.5 Å². The first-order valence-electron chi connectivity index (χ1n) is 7.23. The molecule has 1 aromatic heterocycles. The van der Waals surface area contributed by atoms with Gasteiger partial charge in [0.2, 0.25) is 22.1 Å². The summed E-state index contributed by atoms with van der Waals surface area (Å²) in [6.07, 6.45) is 3.42. The van der Waals surface area contributed by atoms with Gasteiger partial charge in [-0.2, -0.15) is 0 Å². The molecule has 0 aliphatic carbocycles. The number of piperidine rings is 1. The van der Waals surface area contributed by atoms with E-state index in [1.54, 1.807) is 16.8 Å². The minimum atomic E-state index is -0.0369. The van der Waals surface area contributed by atoms with E-state index < -0.39 is 0 Å². The van der Waals surface area contributed by atoms with Crippen LogP contribution >= 0.6 is 11.3 Å². The van der Waals surface area contributed by atoms with Crippen LogP contribution in [0.3, 0.4) is 0 Å². The first-order chi connectivity index (χ1) is 10.1. The van der Waals surface area contributed by atoms with Crippen LogP contribution in [0, 0.1) is 0 Å². The molecule has 2 amide bonds. The lowest BCUT2D eigenvalue weighted by atomic mass is 10.1. The van der Waals surface area contributed by atoms with Crippen LogP contribution in [0.1, 0.15) is 32.6 Å². The van der Waals surface area contributed by atoms with Crippen molar-refractivity contribution in [1.29, 1.82) is 0 Å². The third-order valence-electron chi connectivity index (χ3n) is 3.24. The molecule has 1 aliphatic rings. The molecule has 0 spiro atoms. The first kappa shape index (κ1) is 15.7. The van der Waals surface area contributed by atoms with E-state index >= 15 is 0 Å². The Morgan fingerprint density at radius 3 is 2.95 bits per heavy atom. The molecule has 8 heteroatoms. The van der Waals surface area contributed by atoms with Crippen molar-refractivity contribution >= 4 is 33.4 Å². The van der Waals surface area contributed by atoms with Gasteiger partial charge in [-0.05, 0) is 19.3 Å². The van der Waals surface area contributed by atoms with E-state index in [0.717, 1.165) is 19.3 Å². The number of carbonyl (C=O) groups excluding carboxylic acids is 2. The summed E-state index contributed by atoms with van der Waals surface area (Å²) < 4.78 is 0. The molecule has 1 aliphatic heterocycles. The number of likely N-dealkylation sites (N-methyl/N-ethyl adjacent to an activating group) is 1. The van der Waals surface area contributed by atoms with E-state index in [4.69, 9.17) is 0 Å². The van der Waals surface area contributed by atoms with Crippen LogP contribution in [0.2, 0.25) is 0 Å². The number of amides is 2. The number of hydrogen-bond donors (Lipinski definition) is 1. The molecule has 1 aromatic rings. The average Bonchev–Trinajstić information content (AvgIpc) is 2.95. The summed E-state index contributed by atoms with van der Waals surface area (Å²) in [5.41, 5.74) is 0. The van der Waals surface area contributed by atoms with E-state index in [1.807, 2.05) is 6.92 Å². The summed E-state index contributed by atoms with van der Waals surface area (Å²) in [7, 11) is 1.80. The number of aromatic nitrogens is 2. The number of anilines is 2. The fraction of sp³-hybridized carbons (Fsp3) is 0.692. The van der Waals surface area contributed by atoms with E-state index in [-0.39, 0.29) is 18.4 Å². The van der Waals surface area contributed by atoms with Crippen molar-refractivity contribution in [3.05, 3.63) is 0 Å². The molecule has 1 fully saturated rings. The standard InChI is InChI=1S/C13H21N5O2S/c1-3-7-14-10(19)9-17(2)12-15-16-13(21-12)18-8-5-4-6-11(18)20/h3-9H2,1-2H3,(H,14,19). The van der Waals surface area contributed by atoms with Gasteiger partial charge in [-0.15, -0.1) is 10.2 Å². The second-order valence-corrected chi connectivity index (χ2v) is 6.01. The van der Waals surface area contributed by atoms with Crippen molar-refractivity contribution in [2.24, 2.45) is 0 Å². The van der Waals surface area contributed by atoms with Crippen molar-refractivity contribution < 1.29 is 9.59 Å². The number of carbonyl (C=O) groups is 2. The second kappa shape index (κ2) is 7.35. The largest absolute Gasteiger partial charge is 0.355 e. The van der Waals surface area contributed by atoms with E-state index in [0.29, 0.717) is 29.8 Å². The summed E-state index contributed by atoms with van der Waals surface area (Å²) in [6.45, 7) is 3.63. The minimum absolute atomic E-state index is 0.0369. The lowest BCUT2D eigenvalue weighted by Crippen LogP contribution is -2.35. The van der Waals surface area contributed by atoms with E-state index in [1.165, 1.54) is 11.3 Å². The fourth-order valence-electron chi connectivity index (χ4n) is 2.08. The van der Waals surface area contributed by atoms with Gasteiger partial charge in [-0.25, -0.2) is 0 Å². The molecular weight excluding hydrogens is 290 g/mol. The normalized spacial score (nSPS) is 15.1. The third-order valence-corrected chi connectivity index (χ3v) is 4.30. The fourth-order valence-corrected chi connectivity index (χ4v) is 2.93. The van der Waals surface area contributed by atoms with Gasteiger partial charge in [-0.1, -0.05) is 18.3 Å². The molecule has 0 radical (unpaired) electrons. The van der Waals surface area contributed by atoms with Crippen LogP contribution in [-0.4, -0.2) is 48.7 Å². The quantitative estimate of drug-likeness (QED) is 0.848. The van der Waals surface area contributed by atoms with Crippen molar-refractivity contribution in [3.8, 4) is 0 Å². The minimum Gasteiger partial charge on any atom is -0.355 e. The lowest BCUT2D eigenvalue weighted by molar-refractivity contribution is -0.120. The maximum Gasteiger partial charge on any atom is 0.239 e. The lowest BCUT2D eigenvalue weighted by Gasteiger charge is -2.23. The maximum atomic E-state index is 11.9. The van der Waals surface area contributed by atoms with Gasteiger partial charge in [0, 0.05) is 26.6 Å². The zero-order valence-corrected chi connectivity index (χ0v) is 13.3. The molecular formula is C13H21N5O2S. The maximum absolute atomic E-state index is 11.9. The summed E-state index contributed by atoms with van der Waals surface area (Å²) in [6, 6.07) is 0. The molecule has 2 heterocycles. The third kappa shape index (κ3) is 4.13. The predicted octanol–water partition coefficient (Wildman–Crippen LogP) is 1.02. The molecule has 116 valence electrons. The van der Waals surface area contributed by atoms with Crippen molar-refractivity contribution in [2.75, 3.05) is 36.5 Å². The van der Waals surface area contributed by atoms with Gasteiger partial charge < -0.3 is 10.2 Å². The molecule has 1 saturated heterocycles. The second-order valence-electron chi connectivity index (χ2n) is 5.08. The number of nitrogens with one attached hydrogen (secondary N) is 1. The van der Waals surface area contributed by atoms with Crippen LogP contribution in [0.5, 0.6) is 0 Å². The topological polar surface area (TPSA) is 78.4 Å². The molecule has 0 aromatic carbocycles. The Labute approximate surface area is 128 Å². The Morgan fingerprint density at radius 1 is 1.43 bits per heavy atom. The summed E-state index contributed by atoms with van der Waals surface area (Å²) in [5, 5.41) is 12.3. The molecule has 0 bridgehead atoms. The highest BCUT2D eigenvalue weighted by atomic mass is 32.1. The molecule has 0 atom stereocenters. The highest BCUT2D eigenvalue weighted by molar-refractivity contribution is 7.19. The zero-order valence-electron chi connectivity index (χ0n) is 12.5. The summed E-state index contributed by atoms with van der Waals surface area (Å²) in [4.78, 5) is 27.0. The van der Waals surface area contributed by atoms with Gasteiger partial charge in [0.1, 0.15) is 0 Å². The molecule has 0 unspecified atom stereocenters. The number of hydrogen-bond acceptors (Lipinski definition) is 6. The van der Waals surface area contributed by atoms with Crippen LogP contribution in [0.15, 0.2) is 0 Å². The molecule has 1 N–H and O–H groups in total. The monoisotopic (exact) mass is 311 g/mol. The Morgan fingerprint density at radius 2 is 2.24 bits per heavy atom. The Balaban J connectivity index is 1.95. The molecule has 0 saturated carbocycles. The summed E-state index contributed by atoms with van der Waals surface area (Å²) in [5.74, 6) is 0.0671. The van der Waals surface area contributed by atoms with Crippen LogP contribution in [0.25, 0.3) is 0 Å². The van der Waals surface area contributed by atoms with E-state index in [9.17, 15) is 9.59 Å². The van der Waals surface area contributed by atoms with Crippen LogP contribution in [-0.2, 0) is 9.59 Å². The average molecular weight is 311 g/mol. The van der Waals surface area contributed by atoms with Gasteiger partial charge in [-0.3, -0.25) is 14.5 Å². The number of rotatable bonds is 6. The predicted molar refractivity (Wildman–Crippen MR) is 82.7 cm³/mol. The van der Waals surface area contributed by atoms with E-state index in [2.05, 4.69) is 15.5 Å². The van der Waals surface area contributed by atoms with Crippen LogP contribution < -0.4 is 15.1 Å². The van der Waals surface area contributed by atoms with Gasteiger partial charge in [0.15, 0.2) is 0 Å². The Kier molecular flexibility index (Phi) is 5.49. The van der Waals surface area contributed by atoms with Crippen LogP contribution in [0.4, 0.5) is 10.3 Å². The van der Waals surface area contributed by atoms with Gasteiger partial charge >= 0.3 is 0 Å². The Hall–Kier alpha value is -1.70. The van der Waals surface area contributed by atoms with Crippen molar-refractivity contribution in [2.45, 2.75) is 32.6 Å². The molecule has 21 heavy (non-hydrogen) atoms. The zero-order chi connectivity index (χ0) is 15.2. The number of nitrogens with zero attached hydrogens (tertiary/aromatic N) is 4. The van der Waals surface area contributed by atoms with Gasteiger partial charge in [0.25, 0.3) is 0 Å². The van der Waals surface area contributed by atoms with Crippen molar-refractivity contribution in [3.63, 3.8) is 0 Å². The highest BCUT2D eigenvalue weighted by Gasteiger charge is 2.23. The first-order valence-corrected chi connectivity index (χ1v) is 8.05. The molecule has 2 rings (SSSR count). The Bertz CT molecular complexity index is 505. The molecule has 7 nitrogen and oxygen atoms in total. The SMILES string of the molecule is CCCNC(=O)CN(C)c1nnc(N2CCCCC2=O)s1.